The normalized spacial score (nSPS) is 13.6. The van der Waals surface area contributed by atoms with E-state index < -0.39 is 5.82 Å². The molecule has 0 aliphatic carbocycles. The average Bonchev–Trinajstić information content (AvgIpc) is 2.97. The van der Waals surface area contributed by atoms with Crippen LogP contribution in [0.5, 0.6) is 0 Å². The second kappa shape index (κ2) is 7.90. The summed E-state index contributed by atoms with van der Waals surface area (Å²) in [5, 5.41) is 11.3. The fourth-order valence-electron chi connectivity index (χ4n) is 3.45. The van der Waals surface area contributed by atoms with E-state index in [0.29, 0.717) is 17.9 Å². The van der Waals surface area contributed by atoms with E-state index in [4.69, 9.17) is 5.73 Å². The monoisotopic (exact) mass is 379 g/mol. The molecule has 7 heteroatoms. The number of aromatic nitrogens is 3. The molecule has 2 aromatic carbocycles. The summed E-state index contributed by atoms with van der Waals surface area (Å²) in [6, 6.07) is 11.6. The zero-order chi connectivity index (χ0) is 19.5. The molecule has 0 saturated carbocycles. The number of nitrogens with two attached hydrogens (primary N) is 1. The molecule has 6 nitrogen and oxygen atoms in total. The molecule has 2 heterocycles. The van der Waals surface area contributed by atoms with Gasteiger partial charge in [0, 0.05) is 30.6 Å². The number of halogens is 1. The van der Waals surface area contributed by atoms with Gasteiger partial charge in [0.1, 0.15) is 11.6 Å². The van der Waals surface area contributed by atoms with Crippen LogP contribution in [0.1, 0.15) is 41.0 Å². The van der Waals surface area contributed by atoms with Gasteiger partial charge >= 0.3 is 0 Å². The number of carbonyl (C=O) groups is 1. The largest absolute Gasteiger partial charge is 0.326 e. The highest BCUT2D eigenvalue weighted by atomic mass is 19.1. The van der Waals surface area contributed by atoms with Gasteiger partial charge in [0.05, 0.1) is 5.69 Å². The van der Waals surface area contributed by atoms with Crippen molar-refractivity contribution in [3.63, 3.8) is 0 Å². The minimum Gasteiger partial charge on any atom is -0.326 e. The van der Waals surface area contributed by atoms with Gasteiger partial charge in [-0.15, -0.1) is 10.2 Å². The Kier molecular flexibility index (Phi) is 5.16. The molecule has 0 radical (unpaired) electrons. The minimum absolute atomic E-state index is 0.122. The number of nitrogens with one attached hydrogen (secondary N) is 1. The van der Waals surface area contributed by atoms with Gasteiger partial charge in [-0.3, -0.25) is 4.79 Å². The zero-order valence-electron chi connectivity index (χ0n) is 15.5. The summed E-state index contributed by atoms with van der Waals surface area (Å²) in [5.41, 5.74) is 7.80. The van der Waals surface area contributed by atoms with E-state index in [-0.39, 0.29) is 11.6 Å². The number of fused-ring (bicyclic) bond motifs is 1. The van der Waals surface area contributed by atoms with Crippen LogP contribution in [0.4, 0.5) is 10.1 Å². The summed E-state index contributed by atoms with van der Waals surface area (Å²) >= 11 is 0. The van der Waals surface area contributed by atoms with Crippen molar-refractivity contribution in [3.05, 3.63) is 65.2 Å². The number of rotatable bonds is 4. The maximum Gasteiger partial charge on any atom is 0.255 e. The number of nitrogens with zero attached hydrogens (tertiary/aromatic N) is 3. The Hall–Kier alpha value is -3.06. The second-order valence-electron chi connectivity index (χ2n) is 6.95. The second-order valence-corrected chi connectivity index (χ2v) is 6.95. The van der Waals surface area contributed by atoms with E-state index in [1.54, 1.807) is 36.4 Å². The molecular weight excluding hydrogens is 357 g/mol. The highest BCUT2D eigenvalue weighted by Crippen LogP contribution is 2.27. The van der Waals surface area contributed by atoms with Crippen molar-refractivity contribution in [1.29, 1.82) is 0 Å². The molecule has 0 saturated heterocycles. The fraction of sp³-hybridized carbons (Fsp3) is 0.286. The van der Waals surface area contributed by atoms with Gasteiger partial charge in [-0.05, 0) is 48.7 Å². The third-order valence-electron chi connectivity index (χ3n) is 5.03. The molecule has 0 atom stereocenters. The van der Waals surface area contributed by atoms with Crippen molar-refractivity contribution in [3.8, 4) is 11.4 Å². The third kappa shape index (κ3) is 3.66. The predicted octanol–water partition coefficient (Wildman–Crippen LogP) is 3.52. The number of hydrogen-bond donors (Lipinski definition) is 2. The Labute approximate surface area is 162 Å². The maximum atomic E-state index is 14.3. The molecule has 1 aromatic heterocycles. The minimum atomic E-state index is -0.494. The third-order valence-corrected chi connectivity index (χ3v) is 5.03. The van der Waals surface area contributed by atoms with Crippen molar-refractivity contribution < 1.29 is 9.18 Å². The SMILES string of the molecule is NCc1ccc(C(=O)Nc2cc(-c3nnc4n3CCCCC4)ccc2F)cc1. The summed E-state index contributed by atoms with van der Waals surface area (Å²) in [6.07, 6.45) is 4.24. The van der Waals surface area contributed by atoms with Crippen LogP contribution < -0.4 is 11.1 Å². The van der Waals surface area contributed by atoms with Gasteiger partial charge in [-0.25, -0.2) is 4.39 Å². The van der Waals surface area contributed by atoms with Crippen molar-refractivity contribution in [2.24, 2.45) is 5.73 Å². The van der Waals surface area contributed by atoms with Crippen LogP contribution in [0.25, 0.3) is 11.4 Å². The Balaban J connectivity index is 1.61. The van der Waals surface area contributed by atoms with Crippen LogP contribution in [0.15, 0.2) is 42.5 Å². The highest BCUT2D eigenvalue weighted by Gasteiger charge is 2.18. The summed E-state index contributed by atoms with van der Waals surface area (Å²) in [6.45, 7) is 1.26. The zero-order valence-corrected chi connectivity index (χ0v) is 15.5. The number of hydrogen-bond acceptors (Lipinski definition) is 4. The Morgan fingerprint density at radius 2 is 1.93 bits per heavy atom. The first-order valence-electron chi connectivity index (χ1n) is 9.48. The summed E-state index contributed by atoms with van der Waals surface area (Å²) < 4.78 is 16.4. The lowest BCUT2D eigenvalue weighted by atomic mass is 10.1. The van der Waals surface area contributed by atoms with E-state index in [0.717, 1.165) is 49.2 Å². The molecule has 0 fully saturated rings. The molecule has 0 bridgehead atoms. The smallest absolute Gasteiger partial charge is 0.255 e. The van der Waals surface area contributed by atoms with Gasteiger partial charge in [0.15, 0.2) is 5.82 Å². The lowest BCUT2D eigenvalue weighted by Gasteiger charge is -2.11. The molecule has 1 amide bonds. The van der Waals surface area contributed by atoms with Gasteiger partial charge in [-0.1, -0.05) is 18.6 Å². The van der Waals surface area contributed by atoms with E-state index in [2.05, 4.69) is 20.1 Å². The quantitative estimate of drug-likeness (QED) is 0.726. The highest BCUT2D eigenvalue weighted by molar-refractivity contribution is 6.04. The first kappa shape index (κ1) is 18.3. The molecular formula is C21H22FN5O. The van der Waals surface area contributed by atoms with Crippen LogP contribution in [0.2, 0.25) is 0 Å². The average molecular weight is 379 g/mol. The Morgan fingerprint density at radius 3 is 2.71 bits per heavy atom. The van der Waals surface area contributed by atoms with Crippen molar-refractivity contribution in [1.82, 2.24) is 14.8 Å². The number of carbonyl (C=O) groups excluding carboxylic acids is 1. The Bertz CT molecular complexity index is 997. The number of aryl methyl sites for hydroxylation is 1. The number of anilines is 1. The van der Waals surface area contributed by atoms with E-state index >= 15 is 0 Å². The van der Waals surface area contributed by atoms with Crippen molar-refractivity contribution in [2.45, 2.75) is 38.8 Å². The van der Waals surface area contributed by atoms with E-state index in [1.165, 1.54) is 6.07 Å². The summed E-state index contributed by atoms with van der Waals surface area (Å²) in [4.78, 5) is 12.5. The topological polar surface area (TPSA) is 85.8 Å². The molecule has 4 rings (SSSR count). The lowest BCUT2D eigenvalue weighted by Crippen LogP contribution is -2.13. The Morgan fingerprint density at radius 1 is 1.11 bits per heavy atom. The first-order chi connectivity index (χ1) is 13.7. The van der Waals surface area contributed by atoms with Crippen molar-refractivity contribution in [2.75, 3.05) is 5.32 Å². The van der Waals surface area contributed by atoms with Crippen LogP contribution >= 0.6 is 0 Å². The standard InChI is InChI=1S/C21H22FN5O/c22-17-10-9-16(20-26-25-19-4-2-1-3-11-27(19)20)12-18(17)24-21(28)15-7-5-14(13-23)6-8-15/h5-10,12H,1-4,11,13,23H2,(H,24,28). The maximum absolute atomic E-state index is 14.3. The fourth-order valence-corrected chi connectivity index (χ4v) is 3.45. The number of amides is 1. The molecule has 3 N–H and O–H groups in total. The molecule has 1 aliphatic heterocycles. The molecule has 28 heavy (non-hydrogen) atoms. The van der Waals surface area contributed by atoms with Gasteiger partial charge < -0.3 is 15.6 Å². The first-order valence-corrected chi connectivity index (χ1v) is 9.48. The summed E-state index contributed by atoms with van der Waals surface area (Å²) in [5.74, 6) is 0.799. The van der Waals surface area contributed by atoms with Crippen LogP contribution in [0, 0.1) is 5.82 Å². The molecule has 0 unspecified atom stereocenters. The molecule has 144 valence electrons. The van der Waals surface area contributed by atoms with Gasteiger partial charge in [0.25, 0.3) is 5.91 Å². The number of benzene rings is 2. The van der Waals surface area contributed by atoms with Gasteiger partial charge in [0.2, 0.25) is 0 Å². The van der Waals surface area contributed by atoms with Crippen LogP contribution in [-0.4, -0.2) is 20.7 Å². The van der Waals surface area contributed by atoms with Crippen LogP contribution in [-0.2, 0) is 19.5 Å². The van der Waals surface area contributed by atoms with Crippen molar-refractivity contribution >= 4 is 11.6 Å². The molecule has 1 aliphatic rings. The van der Waals surface area contributed by atoms with E-state index in [9.17, 15) is 9.18 Å². The summed E-state index contributed by atoms with van der Waals surface area (Å²) in [7, 11) is 0. The lowest BCUT2D eigenvalue weighted by molar-refractivity contribution is 0.102. The van der Waals surface area contributed by atoms with Gasteiger partial charge in [-0.2, -0.15) is 0 Å². The molecule has 0 spiro atoms. The predicted molar refractivity (Wildman–Crippen MR) is 105 cm³/mol. The van der Waals surface area contributed by atoms with Crippen LogP contribution in [0.3, 0.4) is 0 Å². The van der Waals surface area contributed by atoms with E-state index in [1.807, 2.05) is 0 Å². The molecule has 3 aromatic rings.